The minimum Gasteiger partial charge on any atom is -0.380 e. The number of rotatable bonds is 3. The average Bonchev–Trinajstić information content (AvgIpc) is 2.37. The number of methoxy groups -OCH3 is 1. The van der Waals surface area contributed by atoms with E-state index in [0.29, 0.717) is 12.6 Å². The van der Waals surface area contributed by atoms with Crippen LogP contribution in [0.1, 0.15) is 6.42 Å². The van der Waals surface area contributed by atoms with Gasteiger partial charge in [0.2, 0.25) is 0 Å². The van der Waals surface area contributed by atoms with Gasteiger partial charge >= 0.3 is 0 Å². The topological polar surface area (TPSA) is 29.5 Å². The second-order valence-electron chi connectivity index (χ2n) is 2.57. The monoisotopic (exact) mass is 143 g/mol. The van der Waals surface area contributed by atoms with E-state index in [1.807, 2.05) is 0 Å². The molecule has 3 heteroatoms. The van der Waals surface area contributed by atoms with Gasteiger partial charge in [0.25, 0.3) is 0 Å². The van der Waals surface area contributed by atoms with Gasteiger partial charge in [-0.2, -0.15) is 0 Å². The fourth-order valence-corrected chi connectivity index (χ4v) is 1.26. The molecule has 0 saturated carbocycles. The van der Waals surface area contributed by atoms with Gasteiger partial charge in [0.05, 0.1) is 12.6 Å². The predicted molar refractivity (Wildman–Crippen MR) is 37.9 cm³/mol. The molecule has 10 heavy (non-hydrogen) atoms. The Bertz CT molecular complexity index is 116. The van der Waals surface area contributed by atoms with Crippen molar-refractivity contribution in [3.63, 3.8) is 0 Å². The van der Waals surface area contributed by atoms with Crippen LogP contribution in [0.5, 0.6) is 0 Å². The Labute approximate surface area is 61.0 Å². The van der Waals surface area contributed by atoms with Gasteiger partial charge in [0.15, 0.2) is 0 Å². The van der Waals surface area contributed by atoms with Crippen LogP contribution in [-0.2, 0) is 9.53 Å². The minimum absolute atomic E-state index is 0.347. The quantitative estimate of drug-likeness (QED) is 0.517. The number of hydrogen-bond donors (Lipinski definition) is 0. The van der Waals surface area contributed by atoms with E-state index in [-0.39, 0.29) is 0 Å². The highest BCUT2D eigenvalue weighted by atomic mass is 16.5. The van der Waals surface area contributed by atoms with Crippen molar-refractivity contribution in [2.75, 3.05) is 26.7 Å². The van der Waals surface area contributed by atoms with E-state index in [0.717, 1.165) is 25.8 Å². The zero-order valence-electron chi connectivity index (χ0n) is 6.25. The van der Waals surface area contributed by atoms with Crippen LogP contribution in [-0.4, -0.2) is 44.0 Å². The lowest BCUT2D eigenvalue weighted by atomic mass is 10.3. The summed E-state index contributed by atoms with van der Waals surface area (Å²) < 4.78 is 5.13. The number of likely N-dealkylation sites (tertiary alicyclic amines) is 1. The van der Waals surface area contributed by atoms with E-state index in [2.05, 4.69) is 4.90 Å². The maximum absolute atomic E-state index is 10.1. The van der Waals surface area contributed by atoms with Gasteiger partial charge < -0.3 is 9.53 Å². The summed E-state index contributed by atoms with van der Waals surface area (Å²) in [5.74, 6) is 0. The Morgan fingerprint density at radius 1 is 1.80 bits per heavy atom. The smallest absolute Gasteiger partial charge is 0.133 e. The molecule has 58 valence electrons. The molecule has 0 aromatic rings. The Morgan fingerprint density at radius 3 is 3.10 bits per heavy atom. The van der Waals surface area contributed by atoms with Crippen LogP contribution in [0.25, 0.3) is 0 Å². The molecule has 0 radical (unpaired) electrons. The van der Waals surface area contributed by atoms with Crippen LogP contribution in [0.3, 0.4) is 0 Å². The lowest BCUT2D eigenvalue weighted by Gasteiger charge is -2.10. The van der Waals surface area contributed by atoms with Crippen molar-refractivity contribution in [1.82, 2.24) is 4.90 Å². The van der Waals surface area contributed by atoms with Crippen molar-refractivity contribution in [3.05, 3.63) is 0 Å². The Kier molecular flexibility index (Phi) is 2.83. The molecule has 0 N–H and O–H groups in total. The Balaban J connectivity index is 2.21. The summed E-state index contributed by atoms with van der Waals surface area (Å²) in [6.07, 6.45) is 2.35. The van der Waals surface area contributed by atoms with Crippen LogP contribution >= 0.6 is 0 Å². The maximum atomic E-state index is 10.1. The molecule has 0 aliphatic carbocycles. The largest absolute Gasteiger partial charge is 0.380 e. The van der Waals surface area contributed by atoms with E-state index in [4.69, 9.17) is 4.74 Å². The third-order valence-electron chi connectivity index (χ3n) is 1.90. The molecule has 1 aliphatic rings. The van der Waals surface area contributed by atoms with Gasteiger partial charge in [-0.1, -0.05) is 0 Å². The molecule has 1 rings (SSSR count). The molecule has 0 spiro atoms. The summed E-state index contributed by atoms with van der Waals surface area (Å²) in [5, 5.41) is 0. The minimum atomic E-state index is 0.347. The first kappa shape index (κ1) is 7.69. The second kappa shape index (κ2) is 3.68. The van der Waals surface area contributed by atoms with Crippen LogP contribution in [0.4, 0.5) is 0 Å². The van der Waals surface area contributed by atoms with E-state index >= 15 is 0 Å². The molecule has 0 aromatic heterocycles. The maximum Gasteiger partial charge on any atom is 0.133 e. The molecule has 0 bridgehead atoms. The van der Waals surface area contributed by atoms with Crippen LogP contribution in [0.2, 0.25) is 0 Å². The molecular weight excluding hydrogens is 130 g/mol. The van der Waals surface area contributed by atoms with Gasteiger partial charge in [0.1, 0.15) is 6.29 Å². The first-order valence-corrected chi connectivity index (χ1v) is 3.55. The van der Waals surface area contributed by atoms with Crippen molar-refractivity contribution in [2.24, 2.45) is 0 Å². The SMILES string of the molecule is COC1CCN(CC=O)C1. The standard InChI is InChI=1S/C7H13NO2/c1-10-7-2-3-8(6-7)4-5-9/h5,7H,2-4,6H2,1H3. The molecular formula is C7H13NO2. The number of carbonyl (C=O) groups is 1. The molecule has 1 atom stereocenters. The zero-order chi connectivity index (χ0) is 7.40. The number of ether oxygens (including phenoxy) is 1. The summed E-state index contributed by atoms with van der Waals surface area (Å²) in [6.45, 7) is 2.46. The molecule has 3 nitrogen and oxygen atoms in total. The lowest BCUT2D eigenvalue weighted by molar-refractivity contribution is -0.108. The highest BCUT2D eigenvalue weighted by molar-refractivity contribution is 5.52. The Morgan fingerprint density at radius 2 is 2.60 bits per heavy atom. The van der Waals surface area contributed by atoms with E-state index < -0.39 is 0 Å². The highest BCUT2D eigenvalue weighted by Crippen LogP contribution is 2.09. The summed E-state index contributed by atoms with van der Waals surface area (Å²) in [4.78, 5) is 12.2. The summed E-state index contributed by atoms with van der Waals surface area (Å²) in [6, 6.07) is 0. The molecule has 1 unspecified atom stereocenters. The highest BCUT2D eigenvalue weighted by Gasteiger charge is 2.20. The zero-order valence-corrected chi connectivity index (χ0v) is 6.25. The Hall–Kier alpha value is -0.410. The van der Waals surface area contributed by atoms with E-state index in [1.54, 1.807) is 7.11 Å². The normalized spacial score (nSPS) is 27.1. The first-order valence-electron chi connectivity index (χ1n) is 3.55. The van der Waals surface area contributed by atoms with Crippen LogP contribution in [0.15, 0.2) is 0 Å². The third-order valence-corrected chi connectivity index (χ3v) is 1.90. The molecule has 0 aromatic carbocycles. The van der Waals surface area contributed by atoms with Gasteiger partial charge in [-0.3, -0.25) is 4.90 Å². The van der Waals surface area contributed by atoms with Crippen molar-refractivity contribution in [2.45, 2.75) is 12.5 Å². The fraction of sp³-hybridized carbons (Fsp3) is 0.857. The number of aldehydes is 1. The van der Waals surface area contributed by atoms with Crippen LogP contribution < -0.4 is 0 Å². The molecule has 1 heterocycles. The number of carbonyl (C=O) groups excluding carboxylic acids is 1. The summed E-state index contributed by atoms with van der Waals surface area (Å²) in [7, 11) is 1.72. The number of nitrogens with zero attached hydrogens (tertiary/aromatic N) is 1. The first-order chi connectivity index (χ1) is 4.86. The van der Waals surface area contributed by atoms with Gasteiger partial charge in [-0.25, -0.2) is 0 Å². The third kappa shape index (κ3) is 1.78. The summed E-state index contributed by atoms with van der Waals surface area (Å²) in [5.41, 5.74) is 0. The predicted octanol–water partition coefficient (Wildman–Crippen LogP) is -0.0940. The molecule has 0 amide bonds. The second-order valence-corrected chi connectivity index (χ2v) is 2.57. The van der Waals surface area contributed by atoms with Crippen molar-refractivity contribution < 1.29 is 9.53 Å². The lowest BCUT2D eigenvalue weighted by Crippen LogP contribution is -2.24. The van der Waals surface area contributed by atoms with Gasteiger partial charge in [-0.05, 0) is 6.42 Å². The molecule has 1 aliphatic heterocycles. The average molecular weight is 143 g/mol. The van der Waals surface area contributed by atoms with Crippen molar-refractivity contribution >= 4 is 6.29 Å². The molecule has 1 fully saturated rings. The van der Waals surface area contributed by atoms with E-state index in [1.165, 1.54) is 0 Å². The van der Waals surface area contributed by atoms with Crippen molar-refractivity contribution in [3.8, 4) is 0 Å². The number of hydrogen-bond acceptors (Lipinski definition) is 3. The van der Waals surface area contributed by atoms with Gasteiger partial charge in [0, 0.05) is 20.2 Å². The molecule has 1 saturated heterocycles. The van der Waals surface area contributed by atoms with Crippen LogP contribution in [0, 0.1) is 0 Å². The summed E-state index contributed by atoms with van der Waals surface area (Å²) >= 11 is 0. The fourth-order valence-electron chi connectivity index (χ4n) is 1.26. The van der Waals surface area contributed by atoms with Gasteiger partial charge in [-0.15, -0.1) is 0 Å². The van der Waals surface area contributed by atoms with E-state index in [9.17, 15) is 4.79 Å². The van der Waals surface area contributed by atoms with Crippen molar-refractivity contribution in [1.29, 1.82) is 0 Å².